The van der Waals surface area contributed by atoms with Crippen LogP contribution >= 0.6 is 7.37 Å². The Labute approximate surface area is 291 Å². The van der Waals surface area contributed by atoms with Crippen LogP contribution in [0.4, 0.5) is 22.8 Å². The Morgan fingerprint density at radius 2 is 1.50 bits per heavy atom. The number of rotatable bonds is 12. The molecular weight excluding hydrogens is 680 g/mol. The van der Waals surface area contributed by atoms with Crippen molar-refractivity contribution in [1.29, 1.82) is 0 Å². The van der Waals surface area contributed by atoms with Crippen LogP contribution in [-0.2, 0) is 29.9 Å². The molecule has 2 amide bonds. The Hall–Kier alpha value is -3.61. The SMILES string of the molecule is CCOP1(=O)CCN(Cc2ccccc2-c2ccc(OC(F)(F)F)cc2)CC1(CCCCN(C(=O)OC(C)(C)C)C(=O)OC(C)(C)C)C(=O)O. The zero-order valence-electron chi connectivity index (χ0n) is 29.7. The smallest absolute Gasteiger partial charge is 0.480 e. The largest absolute Gasteiger partial charge is 0.573 e. The monoisotopic (exact) mass is 728 g/mol. The molecule has 0 saturated carbocycles. The van der Waals surface area contributed by atoms with Gasteiger partial charge in [0.1, 0.15) is 17.0 Å². The molecule has 0 aromatic heterocycles. The van der Waals surface area contributed by atoms with Crippen molar-refractivity contribution in [3.05, 3.63) is 54.1 Å². The van der Waals surface area contributed by atoms with E-state index in [2.05, 4.69) is 4.74 Å². The summed E-state index contributed by atoms with van der Waals surface area (Å²) in [6, 6.07) is 12.7. The zero-order valence-corrected chi connectivity index (χ0v) is 30.6. The van der Waals surface area contributed by atoms with Crippen molar-refractivity contribution in [3.8, 4) is 16.9 Å². The van der Waals surface area contributed by atoms with Crippen LogP contribution in [-0.4, -0.2) is 88.2 Å². The molecule has 2 unspecified atom stereocenters. The number of carboxylic acids is 1. The Morgan fingerprint density at radius 1 is 0.920 bits per heavy atom. The van der Waals surface area contributed by atoms with E-state index in [-0.39, 0.29) is 64.0 Å². The Balaban J connectivity index is 1.83. The molecule has 0 bridgehead atoms. The second-order valence-corrected chi connectivity index (χ2v) is 17.1. The summed E-state index contributed by atoms with van der Waals surface area (Å²) in [5.74, 6) is -1.63. The quantitative estimate of drug-likeness (QED) is 0.168. The van der Waals surface area contributed by atoms with Gasteiger partial charge in [-0.15, -0.1) is 13.2 Å². The molecule has 1 saturated heterocycles. The summed E-state index contributed by atoms with van der Waals surface area (Å²) in [5, 5.41) is 8.90. The van der Waals surface area contributed by atoms with Gasteiger partial charge in [-0.05, 0) is 96.6 Å². The topological polar surface area (TPSA) is 132 Å². The lowest BCUT2D eigenvalue weighted by molar-refractivity contribution is -0.274. The first-order valence-corrected chi connectivity index (χ1v) is 18.3. The summed E-state index contributed by atoms with van der Waals surface area (Å²) < 4.78 is 72.9. The third-order valence-corrected chi connectivity index (χ3v) is 11.2. The number of hydrogen-bond donors (Lipinski definition) is 1. The van der Waals surface area contributed by atoms with Gasteiger partial charge < -0.3 is 23.8 Å². The van der Waals surface area contributed by atoms with Gasteiger partial charge in [-0.25, -0.2) is 14.5 Å². The maximum atomic E-state index is 14.3. The predicted octanol–water partition coefficient (Wildman–Crippen LogP) is 8.55. The molecule has 50 heavy (non-hydrogen) atoms. The van der Waals surface area contributed by atoms with Crippen molar-refractivity contribution < 1.29 is 56.0 Å². The number of amides is 2. The van der Waals surface area contributed by atoms with Gasteiger partial charge in [0.15, 0.2) is 5.16 Å². The number of nitrogens with zero attached hydrogens (tertiary/aromatic N) is 2. The van der Waals surface area contributed by atoms with Crippen LogP contribution in [0.25, 0.3) is 11.1 Å². The summed E-state index contributed by atoms with van der Waals surface area (Å²) in [4.78, 5) is 41.7. The average molecular weight is 729 g/mol. The van der Waals surface area contributed by atoms with Gasteiger partial charge in [-0.2, -0.15) is 0 Å². The molecule has 1 N–H and O–H groups in total. The van der Waals surface area contributed by atoms with Gasteiger partial charge in [0.2, 0.25) is 7.37 Å². The van der Waals surface area contributed by atoms with Crippen LogP contribution in [0.1, 0.15) is 73.3 Å². The average Bonchev–Trinajstić information content (AvgIpc) is 2.96. The number of imide groups is 1. The molecule has 0 spiro atoms. The molecule has 1 fully saturated rings. The lowest BCUT2D eigenvalue weighted by Gasteiger charge is -2.45. The van der Waals surface area contributed by atoms with Crippen molar-refractivity contribution >= 4 is 25.5 Å². The Kier molecular flexibility index (Phi) is 13.2. The fourth-order valence-corrected chi connectivity index (χ4v) is 8.71. The number of ether oxygens (including phenoxy) is 3. The van der Waals surface area contributed by atoms with E-state index in [1.54, 1.807) is 60.6 Å². The molecule has 3 rings (SSSR count). The van der Waals surface area contributed by atoms with E-state index in [1.165, 1.54) is 24.3 Å². The fourth-order valence-electron chi connectivity index (χ4n) is 5.74. The normalized spacial score (nSPS) is 20.2. The van der Waals surface area contributed by atoms with Gasteiger partial charge in [-0.3, -0.25) is 14.3 Å². The van der Waals surface area contributed by atoms with Gasteiger partial charge in [-0.1, -0.05) is 36.4 Å². The molecule has 1 aliphatic heterocycles. The van der Waals surface area contributed by atoms with E-state index in [0.29, 0.717) is 5.56 Å². The van der Waals surface area contributed by atoms with Crippen molar-refractivity contribution in [1.82, 2.24) is 9.80 Å². The minimum absolute atomic E-state index is 0.0132. The summed E-state index contributed by atoms with van der Waals surface area (Å²) in [7, 11) is -3.75. The molecule has 2 aromatic rings. The molecule has 0 radical (unpaired) electrons. The zero-order chi connectivity index (χ0) is 37.5. The van der Waals surface area contributed by atoms with Crippen molar-refractivity contribution in [2.75, 3.05) is 32.4 Å². The second kappa shape index (κ2) is 16.2. The van der Waals surface area contributed by atoms with Crippen LogP contribution in [0.5, 0.6) is 5.75 Å². The van der Waals surface area contributed by atoms with E-state index >= 15 is 0 Å². The molecule has 1 aliphatic rings. The lowest BCUT2D eigenvalue weighted by atomic mass is 9.97. The van der Waals surface area contributed by atoms with Gasteiger partial charge in [0.25, 0.3) is 0 Å². The number of benzene rings is 2. The molecule has 11 nitrogen and oxygen atoms in total. The Bertz CT molecular complexity index is 1510. The van der Waals surface area contributed by atoms with Crippen LogP contribution in [0.15, 0.2) is 48.5 Å². The number of unbranched alkanes of at least 4 members (excludes halogenated alkanes) is 1. The maximum absolute atomic E-state index is 14.3. The standard InChI is InChI=1S/C35H48F3N2O9P/c1-8-46-50(45)22-21-39(23-26-13-9-10-14-28(26)25-15-17-27(18-16-25)47-35(36,37)38)24-34(50,29(41)42)19-11-12-20-40(30(43)48-32(2,3)4)31(44)49-33(5,6)7/h9-10,13-18H,8,11-12,19-24H2,1-7H3,(H,41,42). The predicted molar refractivity (Wildman–Crippen MR) is 181 cm³/mol. The number of carboxylic acid groups (broad SMARTS) is 1. The molecule has 1 heterocycles. The summed E-state index contributed by atoms with van der Waals surface area (Å²) in [6.07, 6.45) is -6.33. The third-order valence-electron chi connectivity index (χ3n) is 7.84. The highest BCUT2D eigenvalue weighted by molar-refractivity contribution is 7.62. The van der Waals surface area contributed by atoms with E-state index in [0.717, 1.165) is 16.0 Å². The number of carbonyl (C=O) groups is 3. The van der Waals surface area contributed by atoms with Gasteiger partial charge in [0, 0.05) is 32.3 Å². The number of aliphatic carboxylic acids is 1. The second-order valence-electron chi connectivity index (χ2n) is 14.2. The minimum atomic E-state index is -4.82. The van der Waals surface area contributed by atoms with E-state index in [1.807, 2.05) is 17.0 Å². The summed E-state index contributed by atoms with van der Waals surface area (Å²) in [5.41, 5.74) is 0.384. The molecule has 2 atom stereocenters. The highest BCUT2D eigenvalue weighted by Gasteiger charge is 2.58. The lowest BCUT2D eigenvalue weighted by Crippen LogP contribution is -2.54. The van der Waals surface area contributed by atoms with Crippen LogP contribution < -0.4 is 4.74 Å². The van der Waals surface area contributed by atoms with E-state index in [9.17, 15) is 37.2 Å². The first-order chi connectivity index (χ1) is 23.1. The maximum Gasteiger partial charge on any atom is 0.573 e. The van der Waals surface area contributed by atoms with Crippen LogP contribution in [0.3, 0.4) is 0 Å². The molecule has 15 heteroatoms. The van der Waals surface area contributed by atoms with Crippen molar-refractivity contribution in [2.45, 2.75) is 97.0 Å². The Morgan fingerprint density at radius 3 is 2.02 bits per heavy atom. The van der Waals surface area contributed by atoms with Gasteiger partial charge >= 0.3 is 24.5 Å². The molecule has 0 aliphatic carbocycles. The van der Waals surface area contributed by atoms with Crippen molar-refractivity contribution in [3.63, 3.8) is 0 Å². The van der Waals surface area contributed by atoms with Gasteiger partial charge in [0.05, 0.1) is 6.61 Å². The number of alkyl halides is 3. The first-order valence-electron chi connectivity index (χ1n) is 16.4. The molecule has 278 valence electrons. The van der Waals surface area contributed by atoms with Crippen molar-refractivity contribution in [2.24, 2.45) is 0 Å². The third kappa shape index (κ3) is 11.2. The summed E-state index contributed by atoms with van der Waals surface area (Å²) in [6.45, 7) is 12.0. The number of hydrogen-bond acceptors (Lipinski definition) is 9. The summed E-state index contributed by atoms with van der Waals surface area (Å²) >= 11 is 0. The molecular formula is C35H48F3N2O9P. The van der Waals surface area contributed by atoms with E-state index < -0.39 is 48.2 Å². The number of halogens is 3. The highest BCUT2D eigenvalue weighted by Crippen LogP contribution is 2.63. The number of carbonyl (C=O) groups excluding carboxylic acids is 2. The first kappa shape index (κ1) is 40.8. The van der Waals surface area contributed by atoms with E-state index in [4.69, 9.17) is 14.0 Å². The van der Waals surface area contributed by atoms with Crippen LogP contribution in [0, 0.1) is 0 Å². The fraction of sp³-hybridized carbons (Fsp3) is 0.571. The van der Waals surface area contributed by atoms with Crippen LogP contribution in [0.2, 0.25) is 0 Å². The molecule has 2 aromatic carbocycles. The highest BCUT2D eigenvalue weighted by atomic mass is 31.2. The minimum Gasteiger partial charge on any atom is -0.480 e.